The number of ether oxygens (including phenoxy) is 3. The van der Waals surface area contributed by atoms with E-state index in [1.165, 1.54) is 11.0 Å². The van der Waals surface area contributed by atoms with Crippen molar-refractivity contribution in [3.05, 3.63) is 107 Å². The summed E-state index contributed by atoms with van der Waals surface area (Å²) in [6.07, 6.45) is 3.06. The number of anilines is 3. The zero-order valence-corrected chi connectivity index (χ0v) is 23.2. The van der Waals surface area contributed by atoms with Crippen LogP contribution in [0.5, 0.6) is 23.0 Å². The summed E-state index contributed by atoms with van der Waals surface area (Å²) < 4.78 is 16.9. The molecular formula is C33H30N2O6. The molecule has 0 saturated heterocycles. The Labute approximate surface area is 238 Å². The van der Waals surface area contributed by atoms with Crippen LogP contribution < -0.4 is 24.4 Å². The number of esters is 1. The standard InChI is InChI=1S/C33H30N2O6/c1-20-8-7-11-25(22(20)3)34-26-10-6-5-9-24(26)33(38)41-29-18-31-30(39-19-40-31)17-27(29)35(4)32(37)15-13-23-12-14-28(36)21(2)16-23/h5-18,34,36H,19H2,1-4H3/b15-13+. The van der Waals surface area contributed by atoms with E-state index in [9.17, 15) is 14.7 Å². The Bertz CT molecular complexity index is 1680. The molecule has 4 aromatic rings. The zero-order chi connectivity index (χ0) is 29.1. The molecule has 4 aromatic carbocycles. The molecule has 0 bridgehead atoms. The normalized spacial score (nSPS) is 11.9. The Balaban J connectivity index is 1.42. The molecule has 0 radical (unpaired) electrons. The first-order valence-electron chi connectivity index (χ1n) is 13.0. The van der Waals surface area contributed by atoms with Crippen molar-refractivity contribution in [1.82, 2.24) is 0 Å². The lowest BCUT2D eigenvalue weighted by Crippen LogP contribution is -2.25. The fourth-order valence-electron chi connectivity index (χ4n) is 4.39. The second kappa shape index (κ2) is 11.5. The fourth-order valence-corrected chi connectivity index (χ4v) is 4.39. The molecule has 41 heavy (non-hydrogen) atoms. The van der Waals surface area contributed by atoms with E-state index in [1.54, 1.807) is 62.5 Å². The summed E-state index contributed by atoms with van der Waals surface area (Å²) in [5.74, 6) is 0.218. The first-order valence-corrected chi connectivity index (χ1v) is 13.0. The monoisotopic (exact) mass is 550 g/mol. The predicted octanol–water partition coefficient (Wildman–Crippen LogP) is 6.69. The topological polar surface area (TPSA) is 97.3 Å². The van der Waals surface area contributed by atoms with Gasteiger partial charge in [-0.3, -0.25) is 4.79 Å². The number of benzene rings is 4. The molecule has 0 aromatic heterocycles. The minimum absolute atomic E-state index is 0.0204. The molecule has 0 saturated carbocycles. The Hall–Kier alpha value is -5.24. The van der Waals surface area contributed by atoms with Crippen LogP contribution in [0.25, 0.3) is 6.08 Å². The van der Waals surface area contributed by atoms with Gasteiger partial charge in [-0.2, -0.15) is 0 Å². The quantitative estimate of drug-likeness (QED) is 0.150. The third-order valence-corrected chi connectivity index (χ3v) is 7.01. The van der Waals surface area contributed by atoms with Gasteiger partial charge in [0.25, 0.3) is 5.91 Å². The fraction of sp³-hybridized carbons (Fsp3) is 0.152. The number of rotatable bonds is 7. The van der Waals surface area contributed by atoms with Gasteiger partial charge in [0.2, 0.25) is 6.79 Å². The summed E-state index contributed by atoms with van der Waals surface area (Å²) in [5.41, 5.74) is 5.79. The lowest BCUT2D eigenvalue weighted by molar-refractivity contribution is -0.113. The van der Waals surface area contributed by atoms with Gasteiger partial charge in [-0.15, -0.1) is 0 Å². The maximum atomic E-state index is 13.5. The maximum Gasteiger partial charge on any atom is 0.345 e. The van der Waals surface area contributed by atoms with E-state index in [-0.39, 0.29) is 24.2 Å². The number of carbonyl (C=O) groups is 2. The van der Waals surface area contributed by atoms with Crippen LogP contribution in [-0.4, -0.2) is 30.8 Å². The number of amides is 1. The molecule has 0 aliphatic carbocycles. The molecule has 5 rings (SSSR count). The molecule has 0 atom stereocenters. The van der Waals surface area contributed by atoms with E-state index in [4.69, 9.17) is 14.2 Å². The molecule has 1 aliphatic heterocycles. The third-order valence-electron chi connectivity index (χ3n) is 7.01. The highest BCUT2D eigenvalue weighted by molar-refractivity contribution is 6.05. The van der Waals surface area contributed by atoms with Gasteiger partial charge in [0.15, 0.2) is 17.2 Å². The van der Waals surface area contributed by atoms with E-state index < -0.39 is 5.97 Å². The van der Waals surface area contributed by atoms with E-state index >= 15 is 0 Å². The minimum Gasteiger partial charge on any atom is -0.508 e. The number of phenols is 1. The van der Waals surface area contributed by atoms with Crippen molar-refractivity contribution in [1.29, 1.82) is 0 Å². The van der Waals surface area contributed by atoms with Gasteiger partial charge in [0.1, 0.15) is 5.75 Å². The number of aromatic hydroxyl groups is 1. The van der Waals surface area contributed by atoms with Gasteiger partial charge < -0.3 is 29.5 Å². The molecule has 1 heterocycles. The number of hydrogen-bond donors (Lipinski definition) is 2. The molecular weight excluding hydrogens is 520 g/mol. The Morgan fingerprint density at radius 3 is 2.41 bits per heavy atom. The number of aryl methyl sites for hydroxylation is 2. The first-order chi connectivity index (χ1) is 19.7. The highest BCUT2D eigenvalue weighted by Crippen LogP contribution is 2.43. The molecule has 0 unspecified atom stereocenters. The smallest absolute Gasteiger partial charge is 0.345 e. The Morgan fingerprint density at radius 1 is 0.902 bits per heavy atom. The van der Waals surface area contributed by atoms with Gasteiger partial charge in [-0.25, -0.2) is 4.79 Å². The highest BCUT2D eigenvalue weighted by Gasteiger charge is 2.25. The van der Waals surface area contributed by atoms with E-state index in [2.05, 4.69) is 5.32 Å². The van der Waals surface area contributed by atoms with Gasteiger partial charge in [-0.05, 0) is 79.4 Å². The Kier molecular flexibility index (Phi) is 7.65. The molecule has 1 aliphatic rings. The number of carbonyl (C=O) groups excluding carboxylic acids is 2. The second-order valence-electron chi connectivity index (χ2n) is 9.76. The van der Waals surface area contributed by atoms with Crippen LogP contribution in [0.15, 0.2) is 78.9 Å². The maximum absolute atomic E-state index is 13.5. The van der Waals surface area contributed by atoms with Crippen molar-refractivity contribution < 1.29 is 28.9 Å². The molecule has 8 nitrogen and oxygen atoms in total. The lowest BCUT2D eigenvalue weighted by Gasteiger charge is -2.20. The van der Waals surface area contributed by atoms with Crippen LogP contribution in [0.1, 0.15) is 32.6 Å². The Morgan fingerprint density at radius 2 is 1.63 bits per heavy atom. The number of phenolic OH excluding ortho intramolecular Hbond substituents is 1. The summed E-state index contributed by atoms with van der Waals surface area (Å²) in [5, 5.41) is 13.1. The van der Waals surface area contributed by atoms with E-state index in [1.807, 2.05) is 44.2 Å². The summed E-state index contributed by atoms with van der Waals surface area (Å²) in [7, 11) is 1.58. The van der Waals surface area contributed by atoms with Crippen molar-refractivity contribution in [2.75, 3.05) is 24.1 Å². The molecule has 1 amide bonds. The summed E-state index contributed by atoms with van der Waals surface area (Å²) >= 11 is 0. The average Bonchev–Trinajstić information content (AvgIpc) is 3.43. The number of nitrogens with zero attached hydrogens (tertiary/aromatic N) is 1. The highest BCUT2D eigenvalue weighted by atomic mass is 16.7. The molecule has 2 N–H and O–H groups in total. The summed E-state index contributed by atoms with van der Waals surface area (Å²) in [4.78, 5) is 28.1. The molecule has 8 heteroatoms. The van der Waals surface area contributed by atoms with Crippen LogP contribution in [0.2, 0.25) is 0 Å². The van der Waals surface area contributed by atoms with Gasteiger partial charge in [-0.1, -0.05) is 30.3 Å². The molecule has 208 valence electrons. The van der Waals surface area contributed by atoms with Crippen LogP contribution >= 0.6 is 0 Å². The number of nitrogens with one attached hydrogen (secondary N) is 1. The van der Waals surface area contributed by atoms with Gasteiger partial charge in [0.05, 0.1) is 16.9 Å². The lowest BCUT2D eigenvalue weighted by atomic mass is 10.1. The SMILES string of the molecule is Cc1cc(/C=C/C(=O)N(C)c2cc3c(cc2OC(=O)c2ccccc2Nc2cccc(C)c2C)OCO3)ccc1O. The van der Waals surface area contributed by atoms with E-state index in [0.717, 1.165) is 22.4 Å². The van der Waals surface area contributed by atoms with E-state index in [0.29, 0.717) is 34.0 Å². The number of para-hydroxylation sites is 1. The summed E-state index contributed by atoms with van der Waals surface area (Å²) in [6, 6.07) is 21.2. The van der Waals surface area contributed by atoms with Crippen molar-refractivity contribution in [3.8, 4) is 23.0 Å². The number of likely N-dealkylation sites (N-methyl/N-ethyl adjacent to an activating group) is 1. The number of fused-ring (bicyclic) bond motifs is 1. The summed E-state index contributed by atoms with van der Waals surface area (Å²) in [6.45, 7) is 5.85. The minimum atomic E-state index is -0.602. The third kappa shape index (κ3) is 5.86. The molecule has 0 spiro atoms. The van der Waals surface area contributed by atoms with Crippen molar-refractivity contribution in [3.63, 3.8) is 0 Å². The van der Waals surface area contributed by atoms with Crippen molar-refractivity contribution in [2.45, 2.75) is 20.8 Å². The predicted molar refractivity (Wildman–Crippen MR) is 158 cm³/mol. The molecule has 0 fully saturated rings. The van der Waals surface area contributed by atoms with Crippen LogP contribution in [-0.2, 0) is 4.79 Å². The van der Waals surface area contributed by atoms with Crippen molar-refractivity contribution >= 4 is 35.0 Å². The number of hydrogen-bond acceptors (Lipinski definition) is 7. The van der Waals surface area contributed by atoms with Crippen LogP contribution in [0.4, 0.5) is 17.1 Å². The zero-order valence-electron chi connectivity index (χ0n) is 23.2. The first kappa shape index (κ1) is 27.3. The van der Waals surface area contributed by atoms with Gasteiger partial charge >= 0.3 is 5.97 Å². The van der Waals surface area contributed by atoms with Gasteiger partial charge in [0, 0.05) is 30.9 Å². The van der Waals surface area contributed by atoms with Crippen LogP contribution in [0, 0.1) is 20.8 Å². The van der Waals surface area contributed by atoms with Crippen LogP contribution in [0.3, 0.4) is 0 Å². The second-order valence-corrected chi connectivity index (χ2v) is 9.76. The van der Waals surface area contributed by atoms with Crippen molar-refractivity contribution in [2.24, 2.45) is 0 Å². The average molecular weight is 551 g/mol. The largest absolute Gasteiger partial charge is 0.508 e.